The number of anilines is 1. The predicted molar refractivity (Wildman–Crippen MR) is 153 cm³/mol. The number of hydrogen-bond donors (Lipinski definition) is 0. The summed E-state index contributed by atoms with van der Waals surface area (Å²) in [5, 5.41) is 0.930. The van der Waals surface area contributed by atoms with Crippen molar-refractivity contribution in [2.75, 3.05) is 44.7 Å². The molecule has 39 heavy (non-hydrogen) atoms. The molecule has 0 aliphatic carbocycles. The molecule has 3 aromatic carbocycles. The number of benzene rings is 3. The predicted octanol–water partition coefficient (Wildman–Crippen LogP) is 4.32. The molecule has 1 saturated heterocycles. The summed E-state index contributed by atoms with van der Waals surface area (Å²) >= 11 is 1.65. The summed E-state index contributed by atoms with van der Waals surface area (Å²) < 4.78 is 34.7. The van der Waals surface area contributed by atoms with E-state index in [1.165, 1.54) is 15.4 Å². The third kappa shape index (κ3) is 4.77. The van der Waals surface area contributed by atoms with Crippen LogP contribution >= 0.6 is 11.3 Å². The van der Waals surface area contributed by atoms with Crippen LogP contribution in [-0.4, -0.2) is 68.3 Å². The van der Waals surface area contributed by atoms with E-state index in [9.17, 15) is 13.2 Å². The van der Waals surface area contributed by atoms with Crippen LogP contribution in [0.4, 0.5) is 5.13 Å². The van der Waals surface area contributed by atoms with E-state index in [0.717, 1.165) is 26.7 Å². The van der Waals surface area contributed by atoms with Gasteiger partial charge in [-0.3, -0.25) is 4.79 Å². The number of carbonyl (C=O) groups is 1. The van der Waals surface area contributed by atoms with Crippen LogP contribution in [0.25, 0.3) is 10.2 Å². The van der Waals surface area contributed by atoms with E-state index in [2.05, 4.69) is 17.9 Å². The van der Waals surface area contributed by atoms with E-state index in [1.807, 2.05) is 35.2 Å². The van der Waals surface area contributed by atoms with Gasteiger partial charge < -0.3 is 14.5 Å². The van der Waals surface area contributed by atoms with E-state index in [1.54, 1.807) is 42.7 Å². The summed E-state index contributed by atoms with van der Waals surface area (Å²) in [5.74, 6) is 0.676. The van der Waals surface area contributed by atoms with Gasteiger partial charge in [0, 0.05) is 44.8 Å². The Bertz CT molecular complexity index is 1640. The highest BCUT2D eigenvalue weighted by Gasteiger charge is 2.29. The second kappa shape index (κ2) is 10.3. The molecule has 2 aliphatic rings. The number of ether oxygens (including phenoxy) is 1. The number of methoxy groups -OCH3 is 1. The van der Waals surface area contributed by atoms with Crippen molar-refractivity contribution in [3.8, 4) is 5.75 Å². The van der Waals surface area contributed by atoms with Crippen LogP contribution < -0.4 is 9.64 Å². The third-order valence-electron chi connectivity index (χ3n) is 7.58. The lowest BCUT2D eigenvalue weighted by Gasteiger charge is -2.34. The quantitative estimate of drug-likeness (QED) is 0.360. The number of thiazole rings is 1. The van der Waals surface area contributed by atoms with Crippen LogP contribution in [0.15, 0.2) is 65.6 Å². The number of carbonyl (C=O) groups excluding carboxylic acids is 1. The molecule has 0 atom stereocenters. The summed E-state index contributed by atoms with van der Waals surface area (Å²) in [6, 6.07) is 18.3. The molecule has 2 aliphatic heterocycles. The van der Waals surface area contributed by atoms with Crippen molar-refractivity contribution in [2.45, 2.75) is 24.8 Å². The second-order valence-corrected chi connectivity index (χ2v) is 12.8. The van der Waals surface area contributed by atoms with Crippen molar-refractivity contribution in [2.24, 2.45) is 0 Å². The highest BCUT2D eigenvalue weighted by atomic mass is 32.2. The standard InChI is InChI=1S/C29H30N4O4S2/c1-20-7-12-25(37-2)26-27(20)38-29(30-26)32-17-15-31(16-18-32)28(34)22-8-10-24(11-9-22)39(35,36)33-14-13-21-5-3-4-6-23(21)19-33/h3-12H,13-19H2,1-2H3. The Morgan fingerprint density at radius 2 is 1.64 bits per heavy atom. The molecule has 0 unspecified atom stereocenters. The number of nitrogens with zero attached hydrogens (tertiary/aromatic N) is 4. The lowest BCUT2D eigenvalue weighted by molar-refractivity contribution is 0.0746. The van der Waals surface area contributed by atoms with Crippen LogP contribution in [-0.2, 0) is 23.0 Å². The van der Waals surface area contributed by atoms with E-state index in [0.29, 0.717) is 51.3 Å². The molecule has 1 aromatic heterocycles. The lowest BCUT2D eigenvalue weighted by atomic mass is 10.0. The first-order valence-electron chi connectivity index (χ1n) is 13.0. The maximum Gasteiger partial charge on any atom is 0.253 e. The van der Waals surface area contributed by atoms with Crippen molar-refractivity contribution in [1.82, 2.24) is 14.2 Å². The number of amides is 1. The van der Waals surface area contributed by atoms with Crippen LogP contribution in [0.2, 0.25) is 0 Å². The smallest absolute Gasteiger partial charge is 0.253 e. The van der Waals surface area contributed by atoms with Gasteiger partial charge in [0.25, 0.3) is 5.91 Å². The molecule has 3 heterocycles. The maximum atomic E-state index is 13.3. The molecular weight excluding hydrogens is 532 g/mol. The molecule has 202 valence electrons. The number of aryl methyl sites for hydroxylation is 1. The first-order valence-corrected chi connectivity index (χ1v) is 15.3. The van der Waals surface area contributed by atoms with Gasteiger partial charge in [0.2, 0.25) is 10.0 Å². The number of sulfonamides is 1. The van der Waals surface area contributed by atoms with Gasteiger partial charge in [0.05, 0.1) is 16.7 Å². The summed E-state index contributed by atoms with van der Waals surface area (Å²) in [4.78, 5) is 22.3. The van der Waals surface area contributed by atoms with Gasteiger partial charge in [-0.05, 0) is 60.4 Å². The maximum absolute atomic E-state index is 13.3. The van der Waals surface area contributed by atoms with Crippen molar-refractivity contribution >= 4 is 42.6 Å². The summed E-state index contributed by atoms with van der Waals surface area (Å²) in [5.41, 5.74) is 4.77. The topological polar surface area (TPSA) is 83.0 Å². The average molecular weight is 563 g/mol. The summed E-state index contributed by atoms with van der Waals surface area (Å²) in [7, 11) is -1.99. The zero-order chi connectivity index (χ0) is 27.1. The minimum absolute atomic E-state index is 0.0905. The van der Waals surface area contributed by atoms with Crippen LogP contribution in [0.5, 0.6) is 5.75 Å². The van der Waals surface area contributed by atoms with Crippen molar-refractivity contribution in [1.29, 1.82) is 0 Å². The Morgan fingerprint density at radius 3 is 2.36 bits per heavy atom. The molecule has 1 fully saturated rings. The molecule has 0 N–H and O–H groups in total. The number of piperazine rings is 1. The zero-order valence-corrected chi connectivity index (χ0v) is 23.6. The van der Waals surface area contributed by atoms with E-state index < -0.39 is 10.0 Å². The van der Waals surface area contributed by atoms with Crippen LogP contribution in [0, 0.1) is 6.92 Å². The number of hydrogen-bond acceptors (Lipinski definition) is 7. The van der Waals surface area contributed by atoms with Crippen LogP contribution in [0.1, 0.15) is 27.0 Å². The zero-order valence-electron chi connectivity index (χ0n) is 22.0. The fourth-order valence-electron chi connectivity index (χ4n) is 5.28. The van der Waals surface area contributed by atoms with Crippen LogP contribution in [0.3, 0.4) is 0 Å². The minimum atomic E-state index is -3.64. The summed E-state index contributed by atoms with van der Waals surface area (Å²) in [6.07, 6.45) is 0.697. The first-order chi connectivity index (χ1) is 18.8. The Kier molecular flexibility index (Phi) is 6.78. The Labute approximate surface area is 232 Å². The Morgan fingerprint density at radius 1 is 0.923 bits per heavy atom. The van der Waals surface area contributed by atoms with Crippen molar-refractivity contribution < 1.29 is 17.9 Å². The SMILES string of the molecule is COc1ccc(C)c2sc(N3CCN(C(=O)c4ccc(S(=O)(=O)N5CCc6ccccc6C5)cc4)CC3)nc12. The van der Waals surface area contributed by atoms with Gasteiger partial charge >= 0.3 is 0 Å². The molecular formula is C29H30N4O4S2. The normalized spacial score (nSPS) is 16.4. The van der Waals surface area contributed by atoms with Gasteiger partial charge in [0.15, 0.2) is 5.13 Å². The number of rotatable bonds is 5. The number of fused-ring (bicyclic) bond motifs is 2. The van der Waals surface area contributed by atoms with E-state index in [4.69, 9.17) is 9.72 Å². The molecule has 8 nitrogen and oxygen atoms in total. The van der Waals surface area contributed by atoms with Gasteiger partial charge in [-0.1, -0.05) is 41.7 Å². The van der Waals surface area contributed by atoms with Crippen molar-refractivity contribution in [3.05, 3.63) is 82.9 Å². The van der Waals surface area contributed by atoms with Gasteiger partial charge in [-0.15, -0.1) is 0 Å². The Balaban J connectivity index is 1.11. The molecule has 6 rings (SSSR count). The van der Waals surface area contributed by atoms with Gasteiger partial charge in [-0.25, -0.2) is 13.4 Å². The third-order valence-corrected chi connectivity index (χ3v) is 10.7. The largest absolute Gasteiger partial charge is 0.494 e. The molecule has 0 bridgehead atoms. The second-order valence-electron chi connectivity index (χ2n) is 9.92. The van der Waals surface area contributed by atoms with Crippen molar-refractivity contribution in [3.63, 3.8) is 0 Å². The molecule has 1 amide bonds. The highest BCUT2D eigenvalue weighted by molar-refractivity contribution is 7.89. The summed E-state index contributed by atoms with van der Waals surface area (Å²) in [6.45, 7) is 5.38. The molecule has 0 saturated carbocycles. The first kappa shape index (κ1) is 25.8. The van der Waals surface area contributed by atoms with E-state index >= 15 is 0 Å². The van der Waals surface area contributed by atoms with E-state index in [-0.39, 0.29) is 10.8 Å². The molecule has 4 aromatic rings. The minimum Gasteiger partial charge on any atom is -0.494 e. The van der Waals surface area contributed by atoms with Gasteiger partial charge in [-0.2, -0.15) is 4.31 Å². The average Bonchev–Trinajstić information content (AvgIpc) is 3.43. The highest BCUT2D eigenvalue weighted by Crippen LogP contribution is 2.36. The fourth-order valence-corrected chi connectivity index (χ4v) is 7.80. The molecule has 0 radical (unpaired) electrons. The Hall–Kier alpha value is -3.47. The molecule has 0 spiro atoms. The fraction of sp³-hybridized carbons (Fsp3) is 0.310. The number of aromatic nitrogens is 1. The van der Waals surface area contributed by atoms with Gasteiger partial charge in [0.1, 0.15) is 11.3 Å². The monoisotopic (exact) mass is 562 g/mol. The molecule has 10 heteroatoms. The lowest BCUT2D eigenvalue weighted by Crippen LogP contribution is -2.48.